The molecule has 0 saturated carbocycles. The Hall–Kier alpha value is -2.82. The van der Waals surface area contributed by atoms with Crippen LogP contribution in [0.2, 0.25) is 0 Å². The molecule has 0 radical (unpaired) electrons. The molecule has 5 nitrogen and oxygen atoms in total. The smallest absolute Gasteiger partial charge is 0.251 e. The van der Waals surface area contributed by atoms with Crippen molar-refractivity contribution in [1.82, 2.24) is 5.32 Å². The number of benzene rings is 2. The average Bonchev–Trinajstić information content (AvgIpc) is 2.74. The third-order valence-corrected chi connectivity index (χ3v) is 5.17. The lowest BCUT2D eigenvalue weighted by Crippen LogP contribution is -2.35. The molecule has 1 aliphatic rings. The molecular formula is C23H29N3O2. The summed E-state index contributed by atoms with van der Waals surface area (Å²) >= 11 is 0. The van der Waals surface area contributed by atoms with Crippen molar-refractivity contribution in [3.63, 3.8) is 0 Å². The molecule has 0 atom stereocenters. The maximum absolute atomic E-state index is 12.3. The van der Waals surface area contributed by atoms with Gasteiger partial charge in [-0.15, -0.1) is 0 Å². The average molecular weight is 380 g/mol. The maximum atomic E-state index is 12.3. The Morgan fingerprint density at radius 2 is 1.79 bits per heavy atom. The summed E-state index contributed by atoms with van der Waals surface area (Å²) in [5.41, 5.74) is 2.72. The van der Waals surface area contributed by atoms with Crippen LogP contribution >= 0.6 is 0 Å². The van der Waals surface area contributed by atoms with Crippen LogP contribution < -0.4 is 15.1 Å². The molecule has 148 valence electrons. The number of hydrogen-bond acceptors (Lipinski definition) is 3. The lowest BCUT2D eigenvalue weighted by molar-refractivity contribution is -0.119. The topological polar surface area (TPSA) is 52.7 Å². The van der Waals surface area contributed by atoms with Crippen molar-refractivity contribution in [2.45, 2.75) is 32.1 Å². The second-order valence-corrected chi connectivity index (χ2v) is 7.27. The lowest BCUT2D eigenvalue weighted by Gasteiger charge is -2.26. The zero-order chi connectivity index (χ0) is 19.8. The van der Waals surface area contributed by atoms with Gasteiger partial charge in [-0.05, 0) is 62.1 Å². The van der Waals surface area contributed by atoms with Gasteiger partial charge in [0.05, 0.1) is 0 Å². The molecule has 2 aromatic carbocycles. The highest BCUT2D eigenvalue weighted by molar-refractivity contribution is 5.96. The zero-order valence-electron chi connectivity index (χ0n) is 16.6. The quantitative estimate of drug-likeness (QED) is 0.709. The third kappa shape index (κ3) is 5.35. The molecule has 0 bridgehead atoms. The van der Waals surface area contributed by atoms with E-state index in [1.54, 1.807) is 12.1 Å². The van der Waals surface area contributed by atoms with Gasteiger partial charge >= 0.3 is 0 Å². The third-order valence-electron chi connectivity index (χ3n) is 5.17. The van der Waals surface area contributed by atoms with Crippen molar-refractivity contribution in [2.24, 2.45) is 0 Å². The summed E-state index contributed by atoms with van der Waals surface area (Å²) in [4.78, 5) is 28.3. The Kier molecular flexibility index (Phi) is 7.06. The van der Waals surface area contributed by atoms with E-state index in [2.05, 4.69) is 29.4 Å². The number of carbonyl (C=O) groups is 2. The van der Waals surface area contributed by atoms with Crippen LogP contribution in [0.5, 0.6) is 0 Å². The predicted octanol–water partition coefficient (Wildman–Crippen LogP) is 3.85. The number of piperidine rings is 1. The first-order valence-electron chi connectivity index (χ1n) is 10.1. The van der Waals surface area contributed by atoms with Gasteiger partial charge in [-0.25, -0.2) is 0 Å². The van der Waals surface area contributed by atoms with E-state index in [1.807, 2.05) is 35.2 Å². The van der Waals surface area contributed by atoms with Crippen molar-refractivity contribution in [2.75, 3.05) is 36.5 Å². The van der Waals surface area contributed by atoms with Crippen LogP contribution in [0.15, 0.2) is 54.6 Å². The van der Waals surface area contributed by atoms with E-state index in [-0.39, 0.29) is 11.8 Å². The summed E-state index contributed by atoms with van der Waals surface area (Å²) < 4.78 is 0. The Morgan fingerprint density at radius 3 is 2.50 bits per heavy atom. The fraction of sp³-hybridized carbons (Fsp3) is 0.391. The van der Waals surface area contributed by atoms with E-state index in [4.69, 9.17) is 0 Å². The van der Waals surface area contributed by atoms with E-state index in [1.165, 1.54) is 5.69 Å². The van der Waals surface area contributed by atoms with E-state index in [0.29, 0.717) is 18.5 Å². The van der Waals surface area contributed by atoms with Gasteiger partial charge in [0, 0.05) is 50.0 Å². The Bertz CT molecular complexity index is 774. The Morgan fingerprint density at radius 1 is 1.04 bits per heavy atom. The summed E-state index contributed by atoms with van der Waals surface area (Å²) in [6.45, 7) is 2.38. The number of unbranched alkanes of at least 4 members (excludes halogenated alkanes) is 1. The van der Waals surface area contributed by atoms with E-state index in [0.717, 1.165) is 44.5 Å². The molecule has 0 aliphatic carbocycles. The van der Waals surface area contributed by atoms with Gasteiger partial charge in [-0.1, -0.05) is 18.2 Å². The van der Waals surface area contributed by atoms with Crippen LogP contribution in [0.3, 0.4) is 0 Å². The molecule has 1 aliphatic heterocycles. The van der Waals surface area contributed by atoms with Crippen LogP contribution in [0.1, 0.15) is 42.5 Å². The minimum absolute atomic E-state index is 0.0621. The van der Waals surface area contributed by atoms with Crippen LogP contribution in [0.4, 0.5) is 11.4 Å². The number of nitrogens with one attached hydrogen (secondary N) is 1. The van der Waals surface area contributed by atoms with E-state index >= 15 is 0 Å². The second-order valence-electron chi connectivity index (χ2n) is 7.27. The molecule has 1 saturated heterocycles. The minimum atomic E-state index is -0.0621. The van der Waals surface area contributed by atoms with Crippen LogP contribution in [-0.2, 0) is 4.79 Å². The first-order valence-corrected chi connectivity index (χ1v) is 10.1. The van der Waals surface area contributed by atoms with Gasteiger partial charge in [-0.2, -0.15) is 0 Å². The van der Waals surface area contributed by atoms with Gasteiger partial charge < -0.3 is 15.1 Å². The highest BCUT2D eigenvalue weighted by Crippen LogP contribution is 2.21. The highest BCUT2D eigenvalue weighted by atomic mass is 16.2. The molecule has 5 heteroatoms. The fourth-order valence-corrected chi connectivity index (χ4v) is 3.46. The number of amides is 2. The molecule has 0 unspecified atom stereocenters. The highest BCUT2D eigenvalue weighted by Gasteiger charge is 2.19. The molecule has 3 rings (SSSR count). The first-order chi connectivity index (χ1) is 13.6. The molecule has 28 heavy (non-hydrogen) atoms. The second kappa shape index (κ2) is 9.93. The molecule has 0 spiro atoms. The molecule has 1 N–H and O–H groups in total. The number of para-hydroxylation sites is 1. The zero-order valence-corrected chi connectivity index (χ0v) is 16.6. The van der Waals surface area contributed by atoms with Gasteiger partial charge in [0.25, 0.3) is 5.91 Å². The summed E-state index contributed by atoms with van der Waals surface area (Å²) in [6.07, 6.45) is 4.57. The van der Waals surface area contributed by atoms with Crippen LogP contribution in [0, 0.1) is 0 Å². The monoisotopic (exact) mass is 379 g/mol. The summed E-state index contributed by atoms with van der Waals surface area (Å²) in [5.74, 6) is 0.108. The maximum Gasteiger partial charge on any atom is 0.251 e. The van der Waals surface area contributed by atoms with E-state index in [9.17, 15) is 9.59 Å². The largest absolute Gasteiger partial charge is 0.375 e. The standard InChI is InChI=1S/C23H29N3O2/c1-25(20-9-3-2-4-10-20)17-8-6-16-24-23(28)19-12-14-21(15-13-19)26-18-7-5-11-22(26)27/h2-4,9-10,12-15H,5-8,11,16-18H2,1H3,(H,24,28). The van der Waals surface area contributed by atoms with Crippen molar-refractivity contribution in [3.8, 4) is 0 Å². The first kappa shape index (κ1) is 19.9. The number of rotatable bonds is 8. The molecule has 2 aromatic rings. The normalized spacial score (nSPS) is 14.0. The molecule has 1 fully saturated rings. The summed E-state index contributed by atoms with van der Waals surface area (Å²) in [5, 5.41) is 2.98. The van der Waals surface area contributed by atoms with Crippen molar-refractivity contribution in [3.05, 3.63) is 60.2 Å². The van der Waals surface area contributed by atoms with Crippen LogP contribution in [-0.4, -0.2) is 38.5 Å². The molecular weight excluding hydrogens is 350 g/mol. The number of carbonyl (C=O) groups excluding carboxylic acids is 2. The van der Waals surface area contributed by atoms with Crippen molar-refractivity contribution < 1.29 is 9.59 Å². The van der Waals surface area contributed by atoms with Gasteiger partial charge in [-0.3, -0.25) is 9.59 Å². The van der Waals surface area contributed by atoms with Gasteiger partial charge in [0.1, 0.15) is 0 Å². The Balaban J connectivity index is 1.39. The number of hydrogen-bond donors (Lipinski definition) is 1. The predicted molar refractivity (Wildman–Crippen MR) is 114 cm³/mol. The SMILES string of the molecule is CN(CCCCNC(=O)c1ccc(N2CCCCC2=O)cc1)c1ccccc1. The van der Waals surface area contributed by atoms with E-state index < -0.39 is 0 Å². The van der Waals surface area contributed by atoms with Crippen LogP contribution in [0.25, 0.3) is 0 Å². The van der Waals surface area contributed by atoms with Crippen molar-refractivity contribution in [1.29, 1.82) is 0 Å². The van der Waals surface area contributed by atoms with Crippen molar-refractivity contribution >= 4 is 23.2 Å². The molecule has 2 amide bonds. The minimum Gasteiger partial charge on any atom is -0.375 e. The Labute approximate surface area is 167 Å². The summed E-state index contributed by atoms with van der Waals surface area (Å²) in [7, 11) is 2.09. The number of nitrogens with zero attached hydrogens (tertiary/aromatic N) is 2. The fourth-order valence-electron chi connectivity index (χ4n) is 3.46. The molecule has 0 aromatic heterocycles. The summed E-state index contributed by atoms with van der Waals surface area (Å²) in [6, 6.07) is 17.6. The number of anilines is 2. The molecule has 1 heterocycles. The lowest BCUT2D eigenvalue weighted by atomic mass is 10.1. The van der Waals surface area contributed by atoms with Gasteiger partial charge in [0.15, 0.2) is 0 Å². The van der Waals surface area contributed by atoms with Gasteiger partial charge in [0.2, 0.25) is 5.91 Å².